The summed E-state index contributed by atoms with van der Waals surface area (Å²) in [6.45, 7) is 10.6. The summed E-state index contributed by atoms with van der Waals surface area (Å²) in [6, 6.07) is 20.6. The number of halogens is 2. The van der Waals surface area contributed by atoms with Crippen LogP contribution in [0.3, 0.4) is 0 Å². The smallest absolute Gasteiger partial charge is 0.255 e. The molecule has 7 heteroatoms. The highest BCUT2D eigenvalue weighted by Gasteiger charge is 2.52. The molecule has 0 unspecified atom stereocenters. The molecule has 3 aromatic rings. The van der Waals surface area contributed by atoms with Gasteiger partial charge in [0.1, 0.15) is 17.5 Å². The highest BCUT2D eigenvalue weighted by atomic mass is 35.5. The number of morpholine rings is 1. The van der Waals surface area contributed by atoms with E-state index < -0.39 is 17.7 Å². The first-order chi connectivity index (χ1) is 19.2. The first kappa shape index (κ1) is 30.1. The summed E-state index contributed by atoms with van der Waals surface area (Å²) in [6.07, 6.45) is 2.32. The molecule has 0 aromatic heterocycles. The van der Waals surface area contributed by atoms with Crippen LogP contribution in [0.2, 0.25) is 10.0 Å². The van der Waals surface area contributed by atoms with Crippen molar-refractivity contribution in [1.29, 1.82) is 0 Å². The van der Waals surface area contributed by atoms with E-state index in [-0.39, 0.29) is 11.9 Å². The van der Waals surface area contributed by atoms with Gasteiger partial charge in [0.05, 0.1) is 32.4 Å². The van der Waals surface area contributed by atoms with Gasteiger partial charge in [-0.05, 0) is 72.9 Å². The van der Waals surface area contributed by atoms with Crippen molar-refractivity contribution in [2.24, 2.45) is 0 Å². The van der Waals surface area contributed by atoms with Crippen LogP contribution in [0.15, 0.2) is 79.4 Å². The molecule has 0 spiro atoms. The summed E-state index contributed by atoms with van der Waals surface area (Å²) in [5.41, 5.74) is 2.78. The van der Waals surface area contributed by atoms with Crippen LogP contribution in [0.1, 0.15) is 61.1 Å². The van der Waals surface area contributed by atoms with Gasteiger partial charge in [-0.1, -0.05) is 72.6 Å². The average Bonchev–Trinajstić information content (AvgIpc) is 2.94. The Kier molecular flexibility index (Phi) is 9.96. The van der Waals surface area contributed by atoms with Crippen LogP contribution >= 0.6 is 23.2 Å². The van der Waals surface area contributed by atoms with Gasteiger partial charge in [0.2, 0.25) is 0 Å². The fourth-order valence-electron chi connectivity index (χ4n) is 5.34. The largest absolute Gasteiger partial charge is 0.496 e. The van der Waals surface area contributed by atoms with E-state index in [0.717, 1.165) is 28.0 Å². The molecular formula is C33H37Cl2NO4. The molecule has 4 rings (SSSR count). The minimum absolute atomic E-state index is 0.0990. The van der Waals surface area contributed by atoms with Gasteiger partial charge in [-0.2, -0.15) is 0 Å². The third-order valence-electron chi connectivity index (χ3n) is 7.50. The summed E-state index contributed by atoms with van der Waals surface area (Å²) in [5, 5.41) is 1.23. The fraction of sp³-hybridized carbons (Fsp3) is 0.364. The highest BCUT2D eigenvalue weighted by Crippen LogP contribution is 2.48. The standard InChI is InChI=1S/C33H37Cl2NO4/c1-6-17-33(4)32(37)36(28(7-2)21-39-20-23-12-11-22(3)29(18-23)38-5)30(24-13-15-26(34)16-14-24)31(40-33)25-9-8-10-27(35)19-25/h6,8-16,18-19,28,30-31H,1,7,17,20-21H2,2-5H3/t28-,30+,31+,33-/m0/s1. The third-order valence-corrected chi connectivity index (χ3v) is 7.99. The maximum Gasteiger partial charge on any atom is 0.255 e. The maximum absolute atomic E-state index is 14.3. The zero-order chi connectivity index (χ0) is 28.9. The molecule has 1 fully saturated rings. The molecule has 0 radical (unpaired) electrons. The Hall–Kier alpha value is -2.83. The van der Waals surface area contributed by atoms with E-state index in [1.165, 1.54) is 0 Å². The van der Waals surface area contributed by atoms with E-state index in [9.17, 15) is 4.79 Å². The zero-order valence-electron chi connectivity index (χ0n) is 23.5. The lowest BCUT2D eigenvalue weighted by atomic mass is 9.86. The van der Waals surface area contributed by atoms with Crippen LogP contribution < -0.4 is 4.74 Å². The number of benzene rings is 3. The van der Waals surface area contributed by atoms with Crippen LogP contribution in [0.5, 0.6) is 5.75 Å². The predicted octanol–water partition coefficient (Wildman–Crippen LogP) is 8.28. The van der Waals surface area contributed by atoms with Crippen LogP contribution in [0.4, 0.5) is 0 Å². The van der Waals surface area contributed by atoms with Gasteiger partial charge in [0.15, 0.2) is 0 Å². The minimum atomic E-state index is -1.10. The van der Waals surface area contributed by atoms with Crippen molar-refractivity contribution in [3.05, 3.63) is 112 Å². The lowest BCUT2D eigenvalue weighted by molar-refractivity contribution is -0.204. The third kappa shape index (κ3) is 6.55. The normalized spacial score (nSPS) is 21.8. The van der Waals surface area contributed by atoms with E-state index in [1.807, 2.05) is 85.5 Å². The van der Waals surface area contributed by atoms with Crippen molar-refractivity contribution >= 4 is 29.1 Å². The molecule has 0 saturated carbocycles. The molecular weight excluding hydrogens is 545 g/mol. The lowest BCUT2D eigenvalue weighted by Gasteiger charge is -2.51. The van der Waals surface area contributed by atoms with Crippen LogP contribution in [0.25, 0.3) is 0 Å². The Morgan fingerprint density at radius 3 is 2.48 bits per heavy atom. The SMILES string of the molecule is C=CC[C@]1(C)O[C@H](c2cccc(Cl)c2)[C@@H](c2ccc(Cl)cc2)N([C@@H](CC)COCc2ccc(C)c(OC)c2)C1=O. The molecule has 1 amide bonds. The monoisotopic (exact) mass is 581 g/mol. The van der Waals surface area contributed by atoms with Crippen molar-refractivity contribution in [1.82, 2.24) is 4.90 Å². The quantitative estimate of drug-likeness (QED) is 0.214. The summed E-state index contributed by atoms with van der Waals surface area (Å²) >= 11 is 12.7. The molecule has 40 heavy (non-hydrogen) atoms. The fourth-order valence-corrected chi connectivity index (χ4v) is 5.66. The Bertz CT molecular complexity index is 1330. The van der Waals surface area contributed by atoms with E-state index in [4.69, 9.17) is 37.4 Å². The molecule has 0 N–H and O–H groups in total. The first-order valence-electron chi connectivity index (χ1n) is 13.5. The molecule has 0 bridgehead atoms. The topological polar surface area (TPSA) is 48.0 Å². The highest BCUT2D eigenvalue weighted by molar-refractivity contribution is 6.30. The number of rotatable bonds is 11. The number of carbonyl (C=O) groups excluding carboxylic acids is 1. The zero-order valence-corrected chi connectivity index (χ0v) is 25.0. The van der Waals surface area contributed by atoms with Gasteiger partial charge in [-0.25, -0.2) is 0 Å². The first-order valence-corrected chi connectivity index (χ1v) is 14.3. The van der Waals surface area contributed by atoms with Crippen molar-refractivity contribution in [2.75, 3.05) is 13.7 Å². The number of ether oxygens (including phenoxy) is 3. The van der Waals surface area contributed by atoms with Gasteiger partial charge in [-0.3, -0.25) is 4.79 Å². The second kappa shape index (κ2) is 13.2. The molecule has 0 aliphatic carbocycles. The van der Waals surface area contributed by atoms with E-state index in [0.29, 0.717) is 36.1 Å². The van der Waals surface area contributed by atoms with Crippen molar-refractivity contribution in [2.45, 2.75) is 64.0 Å². The van der Waals surface area contributed by atoms with Gasteiger partial charge < -0.3 is 19.1 Å². The molecule has 1 heterocycles. The van der Waals surface area contributed by atoms with Crippen molar-refractivity contribution in [3.63, 3.8) is 0 Å². The summed E-state index contributed by atoms with van der Waals surface area (Å²) < 4.78 is 18.4. The summed E-state index contributed by atoms with van der Waals surface area (Å²) in [4.78, 5) is 16.3. The molecule has 212 valence electrons. The number of amides is 1. The Labute approximate surface area is 247 Å². The van der Waals surface area contributed by atoms with E-state index in [1.54, 1.807) is 13.2 Å². The number of carbonyl (C=O) groups is 1. The van der Waals surface area contributed by atoms with Crippen LogP contribution in [-0.2, 0) is 20.9 Å². The van der Waals surface area contributed by atoms with Crippen LogP contribution in [-0.4, -0.2) is 36.2 Å². The maximum atomic E-state index is 14.3. The second-order valence-corrected chi connectivity index (χ2v) is 11.3. The average molecular weight is 583 g/mol. The number of hydrogen-bond donors (Lipinski definition) is 0. The van der Waals surface area contributed by atoms with Crippen LogP contribution in [0, 0.1) is 6.92 Å². The molecule has 1 saturated heterocycles. The lowest BCUT2D eigenvalue weighted by Crippen LogP contribution is -2.60. The summed E-state index contributed by atoms with van der Waals surface area (Å²) in [7, 11) is 1.66. The number of aryl methyl sites for hydroxylation is 1. The Morgan fingerprint density at radius 2 is 1.82 bits per heavy atom. The molecule has 3 aromatic carbocycles. The van der Waals surface area contributed by atoms with E-state index >= 15 is 0 Å². The summed E-state index contributed by atoms with van der Waals surface area (Å²) in [5.74, 6) is 0.724. The van der Waals surface area contributed by atoms with E-state index in [2.05, 4.69) is 13.5 Å². The van der Waals surface area contributed by atoms with Gasteiger partial charge >= 0.3 is 0 Å². The molecule has 1 aliphatic rings. The van der Waals surface area contributed by atoms with Gasteiger partial charge in [0, 0.05) is 16.5 Å². The van der Waals surface area contributed by atoms with Gasteiger partial charge in [-0.15, -0.1) is 6.58 Å². The second-order valence-electron chi connectivity index (χ2n) is 10.4. The van der Waals surface area contributed by atoms with Gasteiger partial charge in [0.25, 0.3) is 5.91 Å². The van der Waals surface area contributed by atoms with Crippen molar-refractivity contribution < 1.29 is 19.0 Å². The Morgan fingerprint density at radius 1 is 1.07 bits per heavy atom. The molecule has 4 atom stereocenters. The predicted molar refractivity (Wildman–Crippen MR) is 161 cm³/mol. The minimum Gasteiger partial charge on any atom is -0.496 e. The number of methoxy groups -OCH3 is 1. The number of nitrogens with zero attached hydrogens (tertiary/aromatic N) is 1. The van der Waals surface area contributed by atoms with Crippen molar-refractivity contribution in [3.8, 4) is 5.75 Å². The Balaban J connectivity index is 1.73. The molecule has 1 aliphatic heterocycles. The molecule has 5 nitrogen and oxygen atoms in total. The number of hydrogen-bond acceptors (Lipinski definition) is 4.